The zero-order valence-corrected chi connectivity index (χ0v) is 16.4. The molecular formula is C17H19Cl2N3O2S. The molecule has 1 fully saturated rings. The Labute approximate surface area is 160 Å². The smallest absolute Gasteiger partial charge is 0.220 e. The average molecular weight is 400 g/mol. The first-order valence-electron chi connectivity index (χ1n) is 7.94. The van der Waals surface area contributed by atoms with Crippen LogP contribution in [0.4, 0.5) is 0 Å². The number of aryl methyl sites for hydroxylation is 2. The highest BCUT2D eigenvalue weighted by molar-refractivity contribution is 7.99. The summed E-state index contributed by atoms with van der Waals surface area (Å²) in [5.41, 5.74) is 1.72. The summed E-state index contributed by atoms with van der Waals surface area (Å²) in [6, 6.07) is 3.30. The molecule has 1 N–H and O–H groups in total. The van der Waals surface area contributed by atoms with E-state index >= 15 is 0 Å². The van der Waals surface area contributed by atoms with E-state index in [-0.39, 0.29) is 17.2 Å². The number of nitrogens with zero attached hydrogens (tertiary/aromatic N) is 3. The van der Waals surface area contributed by atoms with Gasteiger partial charge in [-0.25, -0.2) is 4.68 Å². The van der Waals surface area contributed by atoms with Crippen LogP contribution in [0.25, 0.3) is 0 Å². The molecule has 1 aromatic carbocycles. The lowest BCUT2D eigenvalue weighted by molar-refractivity contribution is 0.103. The van der Waals surface area contributed by atoms with Crippen molar-refractivity contribution in [2.75, 3.05) is 24.6 Å². The molecule has 2 aromatic rings. The molecule has 0 radical (unpaired) electrons. The molecule has 3 rings (SSSR count). The number of halogens is 2. The fourth-order valence-electron chi connectivity index (χ4n) is 2.95. The van der Waals surface area contributed by atoms with Crippen LogP contribution in [-0.2, 0) is 13.6 Å². The van der Waals surface area contributed by atoms with Gasteiger partial charge in [-0.1, -0.05) is 23.2 Å². The van der Waals surface area contributed by atoms with E-state index < -0.39 is 0 Å². The van der Waals surface area contributed by atoms with Gasteiger partial charge in [-0.15, -0.1) is 0 Å². The summed E-state index contributed by atoms with van der Waals surface area (Å²) in [4.78, 5) is 15.2. The molecule has 1 aliphatic rings. The lowest BCUT2D eigenvalue weighted by Crippen LogP contribution is -2.32. The van der Waals surface area contributed by atoms with Crippen molar-refractivity contribution in [1.29, 1.82) is 0 Å². The quantitative estimate of drug-likeness (QED) is 0.796. The molecule has 0 amide bonds. The van der Waals surface area contributed by atoms with Crippen LogP contribution in [-0.4, -0.2) is 50.2 Å². The van der Waals surface area contributed by atoms with Gasteiger partial charge in [0.1, 0.15) is 5.56 Å². The first-order chi connectivity index (χ1) is 11.9. The number of aromatic nitrogens is 2. The molecule has 1 aromatic heterocycles. The lowest BCUT2D eigenvalue weighted by Gasteiger charge is -2.27. The van der Waals surface area contributed by atoms with E-state index in [2.05, 4.69) is 10.00 Å². The van der Waals surface area contributed by atoms with Gasteiger partial charge < -0.3 is 5.11 Å². The van der Waals surface area contributed by atoms with E-state index in [0.717, 1.165) is 30.2 Å². The Kier molecular flexibility index (Phi) is 5.63. The van der Waals surface area contributed by atoms with E-state index in [0.29, 0.717) is 27.8 Å². The molecule has 134 valence electrons. The van der Waals surface area contributed by atoms with Crippen molar-refractivity contribution >= 4 is 40.7 Å². The third-order valence-electron chi connectivity index (χ3n) is 4.34. The molecule has 1 aliphatic heterocycles. The number of rotatable bonds is 4. The van der Waals surface area contributed by atoms with E-state index in [1.165, 1.54) is 4.68 Å². The van der Waals surface area contributed by atoms with E-state index in [1.54, 1.807) is 26.1 Å². The minimum Gasteiger partial charge on any atom is -0.493 e. The summed E-state index contributed by atoms with van der Waals surface area (Å²) in [5, 5.41) is 15.1. The standard InChI is InChI=1S/C17H19Cl2N3O2S/c1-10-14(17(24)21(2)20-10)16(23)11-3-4-13(18)12(15(11)19)9-22-5-7-25-8-6-22/h3-4,24H,5-9H2,1-2H3. The van der Waals surface area contributed by atoms with Gasteiger partial charge in [-0.2, -0.15) is 16.9 Å². The van der Waals surface area contributed by atoms with Crippen LogP contribution in [0, 0.1) is 6.92 Å². The van der Waals surface area contributed by atoms with Gasteiger partial charge in [0.15, 0.2) is 0 Å². The summed E-state index contributed by atoms with van der Waals surface area (Å²) >= 11 is 14.8. The van der Waals surface area contributed by atoms with Crippen molar-refractivity contribution in [3.63, 3.8) is 0 Å². The highest BCUT2D eigenvalue weighted by Gasteiger charge is 2.25. The van der Waals surface area contributed by atoms with Crippen LogP contribution >= 0.6 is 35.0 Å². The first kappa shape index (κ1) is 18.6. The number of thioether (sulfide) groups is 1. The van der Waals surface area contributed by atoms with Gasteiger partial charge >= 0.3 is 0 Å². The Bertz CT molecular complexity index is 817. The monoisotopic (exact) mass is 399 g/mol. The van der Waals surface area contributed by atoms with E-state index in [4.69, 9.17) is 23.2 Å². The number of hydrogen-bond donors (Lipinski definition) is 1. The van der Waals surface area contributed by atoms with Gasteiger partial charge in [0.2, 0.25) is 11.7 Å². The first-order valence-corrected chi connectivity index (χ1v) is 9.85. The molecule has 0 unspecified atom stereocenters. The molecule has 0 atom stereocenters. The van der Waals surface area contributed by atoms with Crippen molar-refractivity contribution < 1.29 is 9.90 Å². The predicted molar refractivity (Wildman–Crippen MR) is 102 cm³/mol. The normalized spacial score (nSPS) is 15.5. The van der Waals surface area contributed by atoms with Gasteiger partial charge in [-0.05, 0) is 19.1 Å². The third-order valence-corrected chi connectivity index (χ3v) is 6.06. The number of ketones is 1. The summed E-state index contributed by atoms with van der Waals surface area (Å²) in [5.74, 6) is 1.65. The fraction of sp³-hybridized carbons (Fsp3) is 0.412. The molecule has 1 saturated heterocycles. The van der Waals surface area contributed by atoms with Crippen molar-refractivity contribution in [2.24, 2.45) is 7.05 Å². The van der Waals surface area contributed by atoms with Crippen molar-refractivity contribution in [3.05, 3.63) is 44.6 Å². The molecule has 25 heavy (non-hydrogen) atoms. The van der Waals surface area contributed by atoms with E-state index in [9.17, 15) is 9.90 Å². The Balaban J connectivity index is 1.97. The number of aromatic hydroxyl groups is 1. The summed E-state index contributed by atoms with van der Waals surface area (Å²) in [6.45, 7) is 4.23. The Morgan fingerprint density at radius 1 is 1.32 bits per heavy atom. The topological polar surface area (TPSA) is 58.4 Å². The minimum atomic E-state index is -0.347. The van der Waals surface area contributed by atoms with Crippen LogP contribution in [0.2, 0.25) is 10.0 Å². The second kappa shape index (κ2) is 7.58. The highest BCUT2D eigenvalue weighted by Crippen LogP contribution is 2.33. The highest BCUT2D eigenvalue weighted by atomic mass is 35.5. The zero-order chi connectivity index (χ0) is 18.1. The lowest BCUT2D eigenvalue weighted by atomic mass is 10.0. The SMILES string of the molecule is Cc1nn(C)c(O)c1C(=O)c1ccc(Cl)c(CN2CCSCC2)c1Cl. The maximum Gasteiger partial charge on any atom is 0.220 e. The minimum absolute atomic E-state index is 0.164. The molecule has 2 heterocycles. The van der Waals surface area contributed by atoms with Crippen LogP contribution in [0.1, 0.15) is 27.2 Å². The van der Waals surface area contributed by atoms with Crippen molar-refractivity contribution in [3.8, 4) is 5.88 Å². The van der Waals surface area contributed by atoms with Crippen molar-refractivity contribution in [2.45, 2.75) is 13.5 Å². The molecular weight excluding hydrogens is 381 g/mol. The molecule has 0 aliphatic carbocycles. The molecule has 0 spiro atoms. The Hall–Kier alpha value is -1.21. The van der Waals surface area contributed by atoms with Gasteiger partial charge in [-0.3, -0.25) is 9.69 Å². The molecule has 8 heteroatoms. The largest absolute Gasteiger partial charge is 0.493 e. The second-order valence-corrected chi connectivity index (χ2v) is 8.02. The number of carbonyl (C=O) groups is 1. The van der Waals surface area contributed by atoms with Crippen LogP contribution < -0.4 is 0 Å². The number of benzene rings is 1. The maximum absolute atomic E-state index is 12.9. The average Bonchev–Trinajstić information content (AvgIpc) is 2.84. The summed E-state index contributed by atoms with van der Waals surface area (Å²) in [7, 11) is 1.59. The third kappa shape index (κ3) is 3.67. The summed E-state index contributed by atoms with van der Waals surface area (Å²) < 4.78 is 1.28. The molecule has 0 bridgehead atoms. The number of carbonyl (C=O) groups excluding carboxylic acids is 1. The zero-order valence-electron chi connectivity index (χ0n) is 14.1. The van der Waals surface area contributed by atoms with Gasteiger partial charge in [0.05, 0.1) is 10.7 Å². The van der Waals surface area contributed by atoms with Gasteiger partial charge in [0, 0.05) is 54.3 Å². The summed E-state index contributed by atoms with van der Waals surface area (Å²) in [6.07, 6.45) is 0. The van der Waals surface area contributed by atoms with E-state index in [1.807, 2.05) is 11.8 Å². The van der Waals surface area contributed by atoms with Crippen LogP contribution in [0.15, 0.2) is 12.1 Å². The number of hydrogen-bond acceptors (Lipinski definition) is 5. The maximum atomic E-state index is 12.9. The van der Waals surface area contributed by atoms with Crippen molar-refractivity contribution in [1.82, 2.24) is 14.7 Å². The Morgan fingerprint density at radius 3 is 2.60 bits per heavy atom. The van der Waals surface area contributed by atoms with Crippen LogP contribution in [0.5, 0.6) is 5.88 Å². The second-order valence-electron chi connectivity index (χ2n) is 6.01. The van der Waals surface area contributed by atoms with Crippen LogP contribution in [0.3, 0.4) is 0 Å². The fourth-order valence-corrected chi connectivity index (χ4v) is 4.50. The predicted octanol–water partition coefficient (Wildman–Crippen LogP) is 3.52. The molecule has 0 saturated carbocycles. The van der Waals surface area contributed by atoms with Gasteiger partial charge in [0.25, 0.3) is 0 Å². The molecule has 5 nitrogen and oxygen atoms in total. The Morgan fingerprint density at radius 2 is 2.00 bits per heavy atom.